The van der Waals surface area contributed by atoms with Crippen molar-refractivity contribution in [1.82, 2.24) is 9.80 Å². The second-order valence-electron chi connectivity index (χ2n) is 9.13. The molecule has 1 aromatic carbocycles. The van der Waals surface area contributed by atoms with Gasteiger partial charge in [-0.25, -0.2) is 0 Å². The summed E-state index contributed by atoms with van der Waals surface area (Å²) in [6, 6.07) is 6.12. The standard InChI is InChI=1S/C29H42N2O3/c1-5-13-30(14-6-2)17-19-33-24-9-10-25-23(21-24)22-27-26(25)11-12-28(29(27)32)34-20-18-31(15-7-3)16-8-4/h9-12,21-22H,5-8,13-20H2,1-4H3. The minimum Gasteiger partial charge on any atom is -0.492 e. The molecular formula is C29H42N2O3. The Kier molecular flexibility index (Phi) is 10.4. The van der Waals surface area contributed by atoms with Gasteiger partial charge in [0, 0.05) is 18.7 Å². The number of Topliss-reactive ketones (excluding diaryl/α,β-unsaturated/α-hetero) is 1. The third kappa shape index (κ3) is 6.83. The van der Waals surface area contributed by atoms with E-state index in [1.54, 1.807) is 0 Å². The molecule has 0 saturated carbocycles. The van der Waals surface area contributed by atoms with Crippen LogP contribution in [0.3, 0.4) is 0 Å². The van der Waals surface area contributed by atoms with Crippen LogP contribution in [0.2, 0.25) is 0 Å². The number of carbonyl (C=O) groups excluding carboxylic acids is 1. The average molecular weight is 467 g/mol. The zero-order chi connectivity index (χ0) is 24.3. The van der Waals surface area contributed by atoms with E-state index in [9.17, 15) is 4.79 Å². The van der Waals surface area contributed by atoms with Crippen LogP contribution in [0.5, 0.6) is 5.75 Å². The van der Waals surface area contributed by atoms with Crippen molar-refractivity contribution in [2.45, 2.75) is 53.4 Å². The van der Waals surface area contributed by atoms with Crippen molar-refractivity contribution in [2.24, 2.45) is 0 Å². The van der Waals surface area contributed by atoms with E-state index < -0.39 is 0 Å². The first-order valence-electron chi connectivity index (χ1n) is 13.1. The number of carbonyl (C=O) groups is 1. The number of hydrogen-bond donors (Lipinski definition) is 0. The van der Waals surface area contributed by atoms with E-state index in [1.165, 1.54) is 0 Å². The molecule has 0 amide bonds. The molecule has 3 rings (SSSR count). The molecule has 0 saturated heterocycles. The number of fused-ring (bicyclic) bond motifs is 3. The lowest BCUT2D eigenvalue weighted by atomic mass is 9.95. The lowest BCUT2D eigenvalue weighted by Gasteiger charge is -2.22. The first-order chi connectivity index (χ1) is 16.6. The van der Waals surface area contributed by atoms with Crippen molar-refractivity contribution in [1.29, 1.82) is 0 Å². The van der Waals surface area contributed by atoms with Gasteiger partial charge in [0.1, 0.15) is 19.0 Å². The van der Waals surface area contributed by atoms with Crippen LogP contribution in [-0.2, 0) is 9.53 Å². The molecule has 0 N–H and O–H groups in total. The summed E-state index contributed by atoms with van der Waals surface area (Å²) >= 11 is 0. The molecule has 186 valence electrons. The van der Waals surface area contributed by atoms with Crippen LogP contribution in [0.4, 0.5) is 0 Å². The van der Waals surface area contributed by atoms with Crippen LogP contribution in [-0.4, -0.2) is 68.1 Å². The third-order valence-corrected chi connectivity index (χ3v) is 6.27. The van der Waals surface area contributed by atoms with Gasteiger partial charge in [0.25, 0.3) is 0 Å². The highest BCUT2D eigenvalue weighted by Gasteiger charge is 2.29. The number of hydrogen-bond acceptors (Lipinski definition) is 5. The molecular weight excluding hydrogens is 424 g/mol. The van der Waals surface area contributed by atoms with E-state index in [4.69, 9.17) is 9.47 Å². The fraction of sp³-hybridized carbons (Fsp3) is 0.552. The molecule has 0 fully saturated rings. The predicted octanol–water partition coefficient (Wildman–Crippen LogP) is 5.57. The predicted molar refractivity (Wildman–Crippen MR) is 141 cm³/mol. The molecule has 5 heteroatoms. The van der Waals surface area contributed by atoms with E-state index in [0.717, 1.165) is 93.0 Å². The molecule has 1 aromatic rings. The van der Waals surface area contributed by atoms with Crippen LogP contribution >= 0.6 is 0 Å². The largest absolute Gasteiger partial charge is 0.492 e. The molecule has 0 bridgehead atoms. The highest BCUT2D eigenvalue weighted by molar-refractivity contribution is 6.25. The highest BCUT2D eigenvalue weighted by Crippen LogP contribution is 2.40. The average Bonchev–Trinajstić information content (AvgIpc) is 3.20. The zero-order valence-electron chi connectivity index (χ0n) is 21.6. The molecule has 2 aliphatic carbocycles. The van der Waals surface area contributed by atoms with Crippen LogP contribution in [0.15, 0.2) is 41.7 Å². The summed E-state index contributed by atoms with van der Waals surface area (Å²) < 4.78 is 12.0. The number of ether oxygens (including phenoxy) is 2. The van der Waals surface area contributed by atoms with E-state index in [-0.39, 0.29) is 5.78 Å². The van der Waals surface area contributed by atoms with Gasteiger partial charge in [0.2, 0.25) is 5.78 Å². The topological polar surface area (TPSA) is 42.0 Å². The van der Waals surface area contributed by atoms with E-state index >= 15 is 0 Å². The van der Waals surface area contributed by atoms with Gasteiger partial charge >= 0.3 is 0 Å². The van der Waals surface area contributed by atoms with Crippen molar-refractivity contribution in [3.63, 3.8) is 0 Å². The normalized spacial score (nSPS) is 14.6. The SMILES string of the molecule is CCCN(CCC)CCOC1=CC=C2C(=Cc3cc(OCCN(CCC)CCC)ccc32)C1=O. The Bertz CT molecular complexity index is 904. The number of rotatable bonds is 16. The highest BCUT2D eigenvalue weighted by atomic mass is 16.5. The monoisotopic (exact) mass is 466 g/mol. The molecule has 0 spiro atoms. The molecule has 34 heavy (non-hydrogen) atoms. The summed E-state index contributed by atoms with van der Waals surface area (Å²) in [5.41, 5.74) is 3.83. The number of allylic oxidation sites excluding steroid dienone is 4. The molecule has 0 atom stereocenters. The van der Waals surface area contributed by atoms with Crippen LogP contribution in [0.25, 0.3) is 11.6 Å². The third-order valence-electron chi connectivity index (χ3n) is 6.27. The van der Waals surface area contributed by atoms with Crippen molar-refractivity contribution < 1.29 is 14.3 Å². The fourth-order valence-electron chi connectivity index (χ4n) is 4.74. The quantitative estimate of drug-likeness (QED) is 0.318. The lowest BCUT2D eigenvalue weighted by molar-refractivity contribution is -0.115. The summed E-state index contributed by atoms with van der Waals surface area (Å²) in [6.07, 6.45) is 10.4. The van der Waals surface area contributed by atoms with Gasteiger partial charge in [-0.2, -0.15) is 0 Å². The number of benzene rings is 1. The Morgan fingerprint density at radius 3 is 1.88 bits per heavy atom. The Morgan fingerprint density at radius 2 is 1.29 bits per heavy atom. The molecule has 0 heterocycles. The second-order valence-corrected chi connectivity index (χ2v) is 9.13. The summed E-state index contributed by atoms with van der Waals surface area (Å²) in [5.74, 6) is 1.27. The summed E-state index contributed by atoms with van der Waals surface area (Å²) in [7, 11) is 0. The lowest BCUT2D eigenvalue weighted by Crippen LogP contribution is -2.30. The van der Waals surface area contributed by atoms with E-state index in [2.05, 4.69) is 43.6 Å². The zero-order valence-corrected chi connectivity index (χ0v) is 21.6. The minimum atomic E-state index is -0.0246. The Balaban J connectivity index is 1.58. The van der Waals surface area contributed by atoms with Gasteiger partial charge < -0.3 is 9.47 Å². The minimum absolute atomic E-state index is 0.0246. The second kappa shape index (κ2) is 13.5. The van der Waals surface area contributed by atoms with Crippen LogP contribution < -0.4 is 4.74 Å². The van der Waals surface area contributed by atoms with Crippen molar-refractivity contribution >= 4 is 17.4 Å². The maximum Gasteiger partial charge on any atom is 0.228 e. The molecule has 0 radical (unpaired) electrons. The van der Waals surface area contributed by atoms with Gasteiger partial charge in [-0.15, -0.1) is 0 Å². The first-order valence-corrected chi connectivity index (χ1v) is 13.1. The van der Waals surface area contributed by atoms with Crippen LogP contribution in [0, 0.1) is 0 Å². The number of ketones is 1. The smallest absolute Gasteiger partial charge is 0.228 e. The maximum absolute atomic E-state index is 13.1. The van der Waals surface area contributed by atoms with Gasteiger partial charge in [-0.3, -0.25) is 14.6 Å². The van der Waals surface area contributed by atoms with Crippen molar-refractivity contribution in [2.75, 3.05) is 52.5 Å². The maximum atomic E-state index is 13.1. The molecule has 2 aliphatic rings. The molecule has 0 unspecified atom stereocenters. The first kappa shape index (κ1) is 26.2. The number of nitrogens with zero attached hydrogens (tertiary/aromatic N) is 2. The Hall–Kier alpha value is -2.37. The van der Waals surface area contributed by atoms with Gasteiger partial charge in [0.15, 0.2) is 5.76 Å². The van der Waals surface area contributed by atoms with Crippen LogP contribution in [0.1, 0.15) is 64.5 Å². The summed E-state index contributed by atoms with van der Waals surface area (Å²) in [4.78, 5) is 17.9. The summed E-state index contributed by atoms with van der Waals surface area (Å²) in [5, 5.41) is 0. The van der Waals surface area contributed by atoms with Gasteiger partial charge in [-0.05, 0) is 98.9 Å². The van der Waals surface area contributed by atoms with E-state index in [0.29, 0.717) is 19.0 Å². The van der Waals surface area contributed by atoms with Gasteiger partial charge in [0.05, 0.1) is 0 Å². The molecule has 5 nitrogen and oxygen atoms in total. The van der Waals surface area contributed by atoms with Gasteiger partial charge in [-0.1, -0.05) is 33.8 Å². The van der Waals surface area contributed by atoms with Crippen molar-refractivity contribution in [3.8, 4) is 5.75 Å². The Morgan fingerprint density at radius 1 is 0.706 bits per heavy atom. The fourth-order valence-corrected chi connectivity index (χ4v) is 4.74. The van der Waals surface area contributed by atoms with E-state index in [1.807, 2.05) is 30.4 Å². The van der Waals surface area contributed by atoms with Crippen molar-refractivity contribution in [3.05, 3.63) is 52.8 Å². The molecule has 0 aromatic heterocycles. The Labute approximate surface area is 206 Å². The molecule has 0 aliphatic heterocycles. The summed E-state index contributed by atoms with van der Waals surface area (Å²) in [6.45, 7) is 16.1.